The minimum Gasteiger partial charge on any atom is -0.495 e. The van der Waals surface area contributed by atoms with E-state index in [-0.39, 0.29) is 59.9 Å². The lowest BCUT2D eigenvalue weighted by atomic mass is 9.96. The van der Waals surface area contributed by atoms with Crippen LogP contribution in [0.4, 0.5) is 51.1 Å². The Hall–Kier alpha value is -8.63. The first-order chi connectivity index (χ1) is 46.7. The van der Waals surface area contributed by atoms with E-state index in [2.05, 4.69) is 56.2 Å². The van der Waals surface area contributed by atoms with Crippen LogP contribution in [-0.4, -0.2) is 204 Å². The maximum absolute atomic E-state index is 13.4. The van der Waals surface area contributed by atoms with Gasteiger partial charge in [-0.2, -0.15) is 9.97 Å². The summed E-state index contributed by atoms with van der Waals surface area (Å²) in [6.45, 7) is 16.6. The summed E-state index contributed by atoms with van der Waals surface area (Å²) in [5, 5.41) is 24.8. The smallest absolute Gasteiger partial charge is 0.408 e. The predicted molar refractivity (Wildman–Crippen MR) is 374 cm³/mol. The number of carbonyl (C=O) groups excluding carboxylic acids is 6. The normalized spacial score (nSPS) is 20.2. The van der Waals surface area contributed by atoms with E-state index >= 15 is 0 Å². The number of benzene rings is 2. The number of nitrogens with one attached hydrogen (secondary N) is 5. The van der Waals surface area contributed by atoms with Crippen molar-refractivity contribution >= 4 is 87.9 Å². The summed E-state index contributed by atoms with van der Waals surface area (Å²) in [6, 6.07) is 10.4. The van der Waals surface area contributed by atoms with Gasteiger partial charge in [0.05, 0.1) is 45.1 Å². The Bertz CT molecular complexity index is 3510. The number of carboxylic acids is 1. The minimum atomic E-state index is -1.25. The number of aromatic nitrogens is 4. The largest absolute Gasteiger partial charge is 0.495 e. The number of hydrogen-bond donors (Lipinski definition) is 7. The van der Waals surface area contributed by atoms with E-state index in [1.807, 2.05) is 13.8 Å². The number of piperidine rings is 2. The fourth-order valence-corrected chi connectivity index (χ4v) is 14.0. The van der Waals surface area contributed by atoms with E-state index in [1.165, 1.54) is 14.0 Å². The van der Waals surface area contributed by atoms with Crippen molar-refractivity contribution < 1.29 is 57.6 Å². The molecule has 98 heavy (non-hydrogen) atoms. The molecule has 10 rings (SSSR count). The van der Waals surface area contributed by atoms with Gasteiger partial charge in [-0.25, -0.2) is 19.6 Å². The molecule has 8 N–H and O–H groups in total. The molecular formula is C70H102N16O12. The summed E-state index contributed by atoms with van der Waals surface area (Å²) in [5.41, 5.74) is 6.22. The number of anilines is 8. The maximum Gasteiger partial charge on any atom is 0.408 e. The van der Waals surface area contributed by atoms with Gasteiger partial charge in [0.25, 0.3) is 11.8 Å². The number of methoxy groups -OCH3 is 3. The molecule has 2 saturated carbocycles. The number of hydrogen-bond acceptors (Lipinski definition) is 22. The fourth-order valence-electron chi connectivity index (χ4n) is 14.0. The third-order valence-corrected chi connectivity index (χ3v) is 19.9. The molecule has 0 radical (unpaired) electrons. The third-order valence-electron chi connectivity index (χ3n) is 19.9. The highest BCUT2D eigenvalue weighted by molar-refractivity contribution is 6.05. The predicted octanol–water partition coefficient (Wildman–Crippen LogP) is 7.89. The Morgan fingerprint density at radius 2 is 1.02 bits per heavy atom. The Labute approximate surface area is 575 Å². The van der Waals surface area contributed by atoms with Crippen molar-refractivity contribution in [2.45, 2.75) is 204 Å². The van der Waals surface area contributed by atoms with Crippen molar-refractivity contribution in [3.05, 3.63) is 59.9 Å². The zero-order valence-corrected chi connectivity index (χ0v) is 59.1. The van der Waals surface area contributed by atoms with Crippen LogP contribution in [0.1, 0.15) is 172 Å². The van der Waals surface area contributed by atoms with Crippen molar-refractivity contribution in [3.8, 4) is 11.5 Å². The zero-order valence-electron chi connectivity index (χ0n) is 59.1. The summed E-state index contributed by atoms with van der Waals surface area (Å²) in [6.07, 6.45) is 16.5. The fraction of sp³-hybridized carbons (Fsp3) is 0.614. The van der Waals surface area contributed by atoms with Crippen molar-refractivity contribution in [3.63, 3.8) is 0 Å². The molecule has 4 fully saturated rings. The molecule has 28 nitrogen and oxygen atoms in total. The van der Waals surface area contributed by atoms with Crippen molar-refractivity contribution in [2.75, 3.05) is 105 Å². The standard InChI is InChI=1S/C38H56N8O7.C32H46N8O5/c1-9-28-33(48)44(6)29-23-39-35(42-31(29)46(28)26-12-10-11-13-26)41-27-15-14-24(22-30(27)51-7)32(47)40-25-16-19-45(20-17-25)21-18-38(5,34(49)52-8)43-36(50)53-37(2,3)4;1-5-24-29(42)38(3)25-19-34-31(37-27(25)40(24)22-8-6-7-9-22)36-23-11-10-20(18-26(23)45-4)28(41)35-21-12-15-39(16-13-21)17-14-32(2,33)30(43)44/h14-15,22-23,25-26,28H,9-13,16-21H2,1-8H3,(H,40,47)(H,43,50)(H,39,41,42);10-11,18-19,21-22,24H,5-9,12-17,33H2,1-4H3,(H,35,41)(H,43,44)(H,34,36,37)/t28-,38?;24-,32?/m11/s1. The summed E-state index contributed by atoms with van der Waals surface area (Å²) in [7, 11) is 7.95. The molecule has 2 aliphatic carbocycles. The molecule has 6 aliphatic rings. The van der Waals surface area contributed by atoms with Gasteiger partial charge in [0.15, 0.2) is 11.6 Å². The van der Waals surface area contributed by atoms with Crippen LogP contribution in [0.25, 0.3) is 0 Å². The van der Waals surface area contributed by atoms with E-state index in [0.717, 1.165) is 102 Å². The van der Waals surface area contributed by atoms with E-state index in [9.17, 15) is 38.7 Å². The molecular weight excluding hydrogens is 1260 g/mol. The van der Waals surface area contributed by atoms with Crippen LogP contribution < -0.4 is 61.4 Å². The number of alkyl carbamates (subject to hydrolysis) is 1. The Balaban J connectivity index is 0.000000232. The van der Waals surface area contributed by atoms with Crippen LogP contribution in [0.5, 0.6) is 11.5 Å². The molecule has 28 heteroatoms. The van der Waals surface area contributed by atoms with Gasteiger partial charge in [-0.1, -0.05) is 39.5 Å². The second kappa shape index (κ2) is 31.9. The van der Waals surface area contributed by atoms with Crippen LogP contribution in [0.15, 0.2) is 48.8 Å². The summed E-state index contributed by atoms with van der Waals surface area (Å²) < 4.78 is 21.7. The van der Waals surface area contributed by atoms with Gasteiger partial charge in [0.2, 0.25) is 23.7 Å². The molecule has 6 heterocycles. The molecule has 4 aliphatic heterocycles. The van der Waals surface area contributed by atoms with E-state index in [1.54, 1.807) is 115 Å². The highest BCUT2D eigenvalue weighted by atomic mass is 16.6. The number of aliphatic carboxylic acids is 1. The van der Waals surface area contributed by atoms with Gasteiger partial charge < -0.3 is 85.8 Å². The highest BCUT2D eigenvalue weighted by Crippen LogP contribution is 2.43. The second-order valence-electron chi connectivity index (χ2n) is 28.1. The maximum atomic E-state index is 13.4. The number of amides is 5. The molecule has 0 spiro atoms. The number of likely N-dealkylation sites (tertiary alicyclic amines) is 2. The van der Waals surface area contributed by atoms with Crippen molar-refractivity contribution in [2.24, 2.45) is 5.73 Å². The number of nitrogens with two attached hydrogens (primary N) is 1. The average molecular weight is 1360 g/mol. The first-order valence-electron chi connectivity index (χ1n) is 34.6. The molecule has 4 atom stereocenters. The topological polar surface area (TPSA) is 334 Å². The third kappa shape index (κ3) is 17.4. The van der Waals surface area contributed by atoms with Gasteiger partial charge in [-0.3, -0.25) is 24.0 Å². The molecule has 0 bridgehead atoms. The molecule has 4 aromatic rings. The van der Waals surface area contributed by atoms with Crippen LogP contribution in [0, 0.1) is 0 Å². The summed E-state index contributed by atoms with van der Waals surface area (Å²) >= 11 is 0. The highest BCUT2D eigenvalue weighted by Gasteiger charge is 2.44. The van der Waals surface area contributed by atoms with Crippen molar-refractivity contribution in [1.29, 1.82) is 0 Å². The Kier molecular flexibility index (Phi) is 24.0. The SMILES string of the molecule is CC[C@@H]1C(=O)N(C)c2cnc(Nc3ccc(C(=O)NC4CCN(CCC(C)(N)C(=O)O)CC4)cc3OC)nc2N1C1CCCC1.CC[C@@H]1C(=O)N(C)c2cnc(Nc3ccc(C(=O)NC4CCN(CCC(C)(NC(=O)OC(C)(C)C)C(=O)OC)CC4)cc3OC)nc2N1C1CCCC1. The first kappa shape index (κ1) is 73.6. The Morgan fingerprint density at radius 3 is 1.39 bits per heavy atom. The molecule has 2 saturated heterocycles. The molecule has 5 amide bonds. The monoisotopic (exact) mass is 1360 g/mol. The van der Waals surface area contributed by atoms with Gasteiger partial charge in [0.1, 0.15) is 51.6 Å². The van der Waals surface area contributed by atoms with Crippen LogP contribution >= 0.6 is 0 Å². The number of nitrogens with zero attached hydrogens (tertiary/aromatic N) is 10. The lowest BCUT2D eigenvalue weighted by Crippen LogP contribution is -2.55. The number of likely N-dealkylation sites (N-methyl/N-ethyl adjacent to an activating group) is 2. The van der Waals surface area contributed by atoms with Gasteiger partial charge in [0, 0.05) is 88.7 Å². The number of carboxylic acid groups (broad SMARTS) is 1. The molecule has 2 aromatic heterocycles. The lowest BCUT2D eigenvalue weighted by Gasteiger charge is -2.43. The number of rotatable bonds is 23. The number of ether oxygens (including phenoxy) is 4. The number of carbonyl (C=O) groups is 7. The quantitative estimate of drug-likeness (QED) is 0.0347. The first-order valence-corrected chi connectivity index (χ1v) is 34.6. The summed E-state index contributed by atoms with van der Waals surface area (Å²) in [4.78, 5) is 120. The second-order valence-corrected chi connectivity index (χ2v) is 28.1. The molecule has 2 unspecified atom stereocenters. The summed E-state index contributed by atoms with van der Waals surface area (Å²) in [5.74, 6) is 1.40. The number of esters is 1. The van der Waals surface area contributed by atoms with Crippen LogP contribution in [0.3, 0.4) is 0 Å². The van der Waals surface area contributed by atoms with E-state index in [4.69, 9.17) is 34.6 Å². The molecule has 534 valence electrons. The van der Waals surface area contributed by atoms with Crippen LogP contribution in [-0.2, 0) is 28.7 Å². The average Bonchev–Trinajstić information content (AvgIpc) is 1.10. The van der Waals surface area contributed by atoms with E-state index < -0.39 is 34.7 Å². The van der Waals surface area contributed by atoms with Gasteiger partial charge >= 0.3 is 18.0 Å². The van der Waals surface area contributed by atoms with Crippen LogP contribution in [0.2, 0.25) is 0 Å². The Morgan fingerprint density at radius 1 is 0.612 bits per heavy atom. The molecule has 2 aromatic carbocycles. The number of fused-ring (bicyclic) bond motifs is 2. The lowest BCUT2D eigenvalue weighted by molar-refractivity contribution is -0.148. The minimum absolute atomic E-state index is 0.0185. The van der Waals surface area contributed by atoms with Gasteiger partial charge in [-0.05, 0) is 148 Å². The van der Waals surface area contributed by atoms with Crippen molar-refractivity contribution in [1.82, 2.24) is 45.7 Å². The zero-order chi connectivity index (χ0) is 70.8. The van der Waals surface area contributed by atoms with Gasteiger partial charge in [-0.15, -0.1) is 0 Å². The van der Waals surface area contributed by atoms with E-state index in [0.29, 0.717) is 109 Å².